The Morgan fingerprint density at radius 1 is 1.18 bits per heavy atom. The van der Waals surface area contributed by atoms with Gasteiger partial charge in [-0.3, -0.25) is 0 Å². The van der Waals surface area contributed by atoms with Crippen LogP contribution >= 0.6 is 0 Å². The van der Waals surface area contributed by atoms with Gasteiger partial charge in [-0.25, -0.2) is 4.79 Å². The number of nitrogens with zero attached hydrogens (tertiary/aromatic N) is 5. The molecule has 1 amide bonds. The van der Waals surface area contributed by atoms with Crippen LogP contribution in [0.5, 0.6) is 5.75 Å². The number of hydrogen-bond acceptors (Lipinski definition) is 7. The molecule has 1 fully saturated rings. The third-order valence-corrected chi connectivity index (χ3v) is 6.86. The van der Waals surface area contributed by atoms with E-state index in [1.54, 1.807) is 17.0 Å². The van der Waals surface area contributed by atoms with E-state index >= 15 is 0 Å². The van der Waals surface area contributed by atoms with Crippen molar-refractivity contribution in [1.29, 1.82) is 0 Å². The van der Waals surface area contributed by atoms with Crippen LogP contribution in [0.1, 0.15) is 55.6 Å². The minimum absolute atomic E-state index is 0.00516. The molecular weight excluding hydrogens is 513 g/mol. The molecule has 2 aliphatic heterocycles. The number of carbonyl (C=O) groups excluding carboxylic acids is 1. The number of hydrogen-bond donors (Lipinski definition) is 1. The van der Waals surface area contributed by atoms with Gasteiger partial charge in [0.05, 0.1) is 12.3 Å². The summed E-state index contributed by atoms with van der Waals surface area (Å²) in [6, 6.07) is 13.2. The van der Waals surface area contributed by atoms with Crippen LogP contribution < -0.4 is 10.1 Å². The van der Waals surface area contributed by atoms with E-state index in [9.17, 15) is 18.0 Å². The lowest BCUT2D eigenvalue weighted by Gasteiger charge is -2.40. The van der Waals surface area contributed by atoms with E-state index in [1.807, 2.05) is 51.1 Å². The number of fused-ring (bicyclic) bond motifs is 1. The quantitative estimate of drug-likeness (QED) is 0.506. The molecule has 12 heteroatoms. The molecule has 0 aliphatic carbocycles. The second-order valence-corrected chi connectivity index (χ2v) is 10.8. The highest BCUT2D eigenvalue weighted by Crippen LogP contribution is 2.35. The van der Waals surface area contributed by atoms with Gasteiger partial charge in [-0.2, -0.15) is 17.9 Å². The van der Waals surface area contributed by atoms with Gasteiger partial charge in [0.1, 0.15) is 11.4 Å². The molecule has 1 saturated heterocycles. The molecule has 0 spiro atoms. The number of halogens is 3. The summed E-state index contributed by atoms with van der Waals surface area (Å²) in [6.45, 7) is 7.34. The van der Waals surface area contributed by atoms with Gasteiger partial charge in [0.15, 0.2) is 0 Å². The summed E-state index contributed by atoms with van der Waals surface area (Å²) in [7, 11) is 0. The van der Waals surface area contributed by atoms with Crippen LogP contribution in [0, 0.1) is 0 Å². The van der Waals surface area contributed by atoms with Crippen LogP contribution in [0.3, 0.4) is 0 Å². The Morgan fingerprint density at radius 3 is 2.67 bits per heavy atom. The topological polar surface area (TPSA) is 94.4 Å². The molecule has 3 aromatic rings. The highest BCUT2D eigenvalue weighted by molar-refractivity contribution is 5.68. The average molecular weight is 545 g/mol. The molecule has 0 radical (unpaired) electrons. The fourth-order valence-corrected chi connectivity index (χ4v) is 5.13. The SMILES string of the molecule is CC(C)(C)OC(=O)N1CC[C@H](NCc2cc(-n3nnnc3C(F)(F)F)cc3c2OCC3)[C@H](c2ccccc2)C1. The summed E-state index contributed by atoms with van der Waals surface area (Å²) < 4.78 is 52.6. The van der Waals surface area contributed by atoms with Crippen molar-refractivity contribution in [3.8, 4) is 11.4 Å². The summed E-state index contributed by atoms with van der Waals surface area (Å²) in [6.07, 6.45) is -3.78. The second kappa shape index (κ2) is 10.5. The number of nitrogens with one attached hydrogen (secondary N) is 1. The summed E-state index contributed by atoms with van der Waals surface area (Å²) in [5.74, 6) is -0.518. The molecule has 1 aromatic heterocycles. The third-order valence-electron chi connectivity index (χ3n) is 6.86. The number of aromatic nitrogens is 4. The van der Waals surface area contributed by atoms with E-state index in [0.29, 0.717) is 49.5 Å². The zero-order chi connectivity index (χ0) is 27.8. The van der Waals surface area contributed by atoms with Crippen molar-refractivity contribution in [2.24, 2.45) is 0 Å². The lowest BCUT2D eigenvalue weighted by Crippen LogP contribution is -2.50. The van der Waals surface area contributed by atoms with E-state index < -0.39 is 17.6 Å². The Hall–Kier alpha value is -3.67. The highest BCUT2D eigenvalue weighted by atomic mass is 19.4. The van der Waals surface area contributed by atoms with Crippen molar-refractivity contribution < 1.29 is 27.4 Å². The van der Waals surface area contributed by atoms with Gasteiger partial charge in [-0.1, -0.05) is 30.3 Å². The number of ether oxygens (including phenoxy) is 2. The van der Waals surface area contributed by atoms with Gasteiger partial charge in [0, 0.05) is 43.6 Å². The second-order valence-electron chi connectivity index (χ2n) is 10.8. The Bertz CT molecular complexity index is 1320. The number of benzene rings is 2. The zero-order valence-corrected chi connectivity index (χ0v) is 22.0. The van der Waals surface area contributed by atoms with Crippen molar-refractivity contribution >= 4 is 6.09 Å². The van der Waals surface area contributed by atoms with Crippen molar-refractivity contribution in [2.45, 2.75) is 63.9 Å². The van der Waals surface area contributed by atoms with Crippen molar-refractivity contribution in [1.82, 2.24) is 30.4 Å². The summed E-state index contributed by atoms with van der Waals surface area (Å²) >= 11 is 0. The Morgan fingerprint density at radius 2 is 1.95 bits per heavy atom. The van der Waals surface area contributed by atoms with E-state index in [1.165, 1.54) is 0 Å². The predicted molar refractivity (Wildman–Crippen MR) is 136 cm³/mol. The van der Waals surface area contributed by atoms with Crippen molar-refractivity contribution in [3.05, 3.63) is 65.0 Å². The zero-order valence-electron chi connectivity index (χ0n) is 22.0. The fraction of sp³-hybridized carbons (Fsp3) is 0.481. The number of carbonyl (C=O) groups is 1. The lowest BCUT2D eigenvalue weighted by atomic mass is 9.86. The number of piperidine rings is 1. The van der Waals surface area contributed by atoms with Crippen LogP contribution in [-0.4, -0.2) is 62.5 Å². The largest absolute Gasteiger partial charge is 0.493 e. The van der Waals surface area contributed by atoms with Crippen LogP contribution in [0.25, 0.3) is 5.69 Å². The van der Waals surface area contributed by atoms with Crippen LogP contribution in [0.4, 0.5) is 18.0 Å². The van der Waals surface area contributed by atoms with Crippen molar-refractivity contribution in [3.63, 3.8) is 0 Å². The molecule has 0 saturated carbocycles. The smallest absolute Gasteiger partial charge is 0.453 e. The molecule has 3 heterocycles. The maximum Gasteiger partial charge on any atom is 0.453 e. The van der Waals surface area contributed by atoms with Gasteiger partial charge in [-0.05, 0) is 60.9 Å². The highest BCUT2D eigenvalue weighted by Gasteiger charge is 2.39. The first-order valence-corrected chi connectivity index (χ1v) is 12.9. The molecule has 2 aromatic carbocycles. The maximum absolute atomic E-state index is 13.5. The van der Waals surface area contributed by atoms with E-state index in [0.717, 1.165) is 16.7 Å². The number of likely N-dealkylation sites (tertiary alicyclic amines) is 1. The van der Waals surface area contributed by atoms with E-state index in [2.05, 4.69) is 20.8 Å². The van der Waals surface area contributed by atoms with E-state index in [4.69, 9.17) is 9.47 Å². The normalized spacial score (nSPS) is 19.5. The minimum Gasteiger partial charge on any atom is -0.493 e. The summed E-state index contributed by atoms with van der Waals surface area (Å²) in [5.41, 5.74) is 2.26. The van der Waals surface area contributed by atoms with Crippen LogP contribution in [0.2, 0.25) is 0 Å². The van der Waals surface area contributed by atoms with Gasteiger partial charge in [-0.15, -0.1) is 5.10 Å². The standard InChI is InChI=1S/C27H31F3N6O3/c1-26(2,3)39-25(37)35-11-9-22(21(16-35)17-7-5-4-6-8-17)31-15-19-14-20(13-18-10-12-38-23(18)19)36-24(27(28,29)30)32-33-34-36/h4-8,13-14,21-22,31H,9-12,15-16H2,1-3H3/t21-,22-/m0/s1. The predicted octanol–water partition coefficient (Wildman–Crippen LogP) is 4.50. The lowest BCUT2D eigenvalue weighted by molar-refractivity contribution is -0.146. The minimum atomic E-state index is -4.69. The van der Waals surface area contributed by atoms with Gasteiger partial charge in [0.2, 0.25) is 0 Å². The number of alkyl halides is 3. The van der Waals surface area contributed by atoms with E-state index in [-0.39, 0.29) is 23.7 Å². The Balaban J connectivity index is 1.39. The molecule has 5 rings (SSSR count). The first-order valence-electron chi connectivity index (χ1n) is 12.9. The molecular formula is C27H31F3N6O3. The number of tetrazole rings is 1. The van der Waals surface area contributed by atoms with Gasteiger partial charge >= 0.3 is 12.3 Å². The molecule has 9 nitrogen and oxygen atoms in total. The van der Waals surface area contributed by atoms with Crippen LogP contribution in [-0.2, 0) is 23.9 Å². The third kappa shape index (κ3) is 6.00. The molecule has 1 N–H and O–H groups in total. The monoisotopic (exact) mass is 544 g/mol. The van der Waals surface area contributed by atoms with Gasteiger partial charge < -0.3 is 19.7 Å². The molecule has 0 unspecified atom stereocenters. The molecule has 39 heavy (non-hydrogen) atoms. The molecule has 2 aliphatic rings. The maximum atomic E-state index is 13.5. The van der Waals surface area contributed by atoms with Gasteiger partial charge in [0.25, 0.3) is 5.82 Å². The average Bonchev–Trinajstić information content (AvgIpc) is 3.56. The first-order chi connectivity index (χ1) is 18.5. The first kappa shape index (κ1) is 26.9. The Labute approximate surface area is 224 Å². The molecule has 2 atom stereocenters. The summed E-state index contributed by atoms with van der Waals surface area (Å²) in [4.78, 5) is 14.6. The number of rotatable bonds is 5. The molecule has 0 bridgehead atoms. The fourth-order valence-electron chi connectivity index (χ4n) is 5.13. The molecule has 208 valence electrons. The number of amides is 1. The van der Waals surface area contributed by atoms with Crippen LogP contribution in [0.15, 0.2) is 42.5 Å². The summed E-state index contributed by atoms with van der Waals surface area (Å²) in [5, 5.41) is 13.6. The Kier molecular flexibility index (Phi) is 7.23. The van der Waals surface area contributed by atoms with Crippen molar-refractivity contribution in [2.75, 3.05) is 19.7 Å².